The number of hydrogen-bond acceptors (Lipinski definition) is 3. The molecule has 2 rings (SSSR count). The predicted octanol–water partition coefficient (Wildman–Crippen LogP) is 0.730. The highest BCUT2D eigenvalue weighted by atomic mass is 16.3. The maximum absolute atomic E-state index is 9.98. The summed E-state index contributed by atoms with van der Waals surface area (Å²) in [5.74, 6) is 0. The molecule has 84 valence electrons. The Hall–Kier alpha value is -0.870. The van der Waals surface area contributed by atoms with Gasteiger partial charge in [0.15, 0.2) is 0 Å². The van der Waals surface area contributed by atoms with Gasteiger partial charge in [-0.05, 0) is 6.42 Å². The smallest absolute Gasteiger partial charge is 0.0946 e. The van der Waals surface area contributed by atoms with Gasteiger partial charge in [0.1, 0.15) is 0 Å². The molecular weight excluding hydrogens is 190 g/mol. The van der Waals surface area contributed by atoms with E-state index in [-0.39, 0.29) is 0 Å². The van der Waals surface area contributed by atoms with Gasteiger partial charge in [-0.2, -0.15) is 0 Å². The Morgan fingerprint density at radius 3 is 2.80 bits per heavy atom. The second kappa shape index (κ2) is 4.33. The highest BCUT2D eigenvalue weighted by Gasteiger charge is 2.39. The van der Waals surface area contributed by atoms with Crippen molar-refractivity contribution in [1.29, 1.82) is 0 Å². The molecule has 1 aromatic rings. The average Bonchev–Trinajstić information content (AvgIpc) is 2.64. The standard InChI is InChI=1S/C11H19N3O/c1-2-3-11(15)8-14(9-11)7-6-13-5-4-12-10-13/h4-5,10,15H,2-3,6-9H2,1H3. The number of aliphatic hydroxyl groups is 1. The molecule has 0 bridgehead atoms. The molecule has 0 atom stereocenters. The largest absolute Gasteiger partial charge is 0.387 e. The first-order valence-electron chi connectivity index (χ1n) is 5.62. The molecule has 4 nitrogen and oxygen atoms in total. The fourth-order valence-corrected chi connectivity index (χ4v) is 2.24. The van der Waals surface area contributed by atoms with Crippen molar-refractivity contribution in [2.24, 2.45) is 0 Å². The van der Waals surface area contributed by atoms with Gasteiger partial charge in [-0.3, -0.25) is 4.90 Å². The molecule has 0 saturated carbocycles. The van der Waals surface area contributed by atoms with Gasteiger partial charge < -0.3 is 9.67 Å². The van der Waals surface area contributed by atoms with Gasteiger partial charge >= 0.3 is 0 Å². The summed E-state index contributed by atoms with van der Waals surface area (Å²) in [7, 11) is 0. The third kappa shape index (κ3) is 2.58. The lowest BCUT2D eigenvalue weighted by Gasteiger charge is -2.46. The van der Waals surface area contributed by atoms with E-state index in [2.05, 4.69) is 21.4 Å². The van der Waals surface area contributed by atoms with Crippen molar-refractivity contribution in [2.45, 2.75) is 31.9 Å². The molecule has 0 aromatic carbocycles. The van der Waals surface area contributed by atoms with Crippen LogP contribution in [-0.4, -0.2) is 44.8 Å². The van der Waals surface area contributed by atoms with Crippen molar-refractivity contribution in [3.8, 4) is 0 Å². The van der Waals surface area contributed by atoms with Crippen LogP contribution in [0.25, 0.3) is 0 Å². The van der Waals surface area contributed by atoms with E-state index in [1.54, 1.807) is 6.20 Å². The minimum Gasteiger partial charge on any atom is -0.387 e. The summed E-state index contributed by atoms with van der Waals surface area (Å²) in [6.07, 6.45) is 7.58. The van der Waals surface area contributed by atoms with Crippen molar-refractivity contribution in [3.05, 3.63) is 18.7 Å². The van der Waals surface area contributed by atoms with E-state index in [1.807, 2.05) is 12.5 Å². The molecule has 0 spiro atoms. The quantitative estimate of drug-likeness (QED) is 0.777. The molecule has 4 heteroatoms. The minimum absolute atomic E-state index is 0.399. The second-order valence-electron chi connectivity index (χ2n) is 4.49. The Morgan fingerprint density at radius 2 is 2.20 bits per heavy atom. The lowest BCUT2D eigenvalue weighted by Crippen LogP contribution is -2.61. The highest BCUT2D eigenvalue weighted by Crippen LogP contribution is 2.25. The Kier molecular flexibility index (Phi) is 3.07. The number of likely N-dealkylation sites (tertiary alicyclic amines) is 1. The third-order valence-electron chi connectivity index (χ3n) is 2.98. The van der Waals surface area contributed by atoms with Crippen molar-refractivity contribution in [3.63, 3.8) is 0 Å². The van der Waals surface area contributed by atoms with Crippen LogP contribution < -0.4 is 0 Å². The molecule has 15 heavy (non-hydrogen) atoms. The first-order chi connectivity index (χ1) is 7.22. The maximum Gasteiger partial charge on any atom is 0.0946 e. The molecule has 0 radical (unpaired) electrons. The number of nitrogens with zero attached hydrogens (tertiary/aromatic N) is 3. The van der Waals surface area contributed by atoms with Crippen LogP contribution in [0.3, 0.4) is 0 Å². The number of imidazole rings is 1. The zero-order valence-corrected chi connectivity index (χ0v) is 9.26. The molecule has 0 amide bonds. The fourth-order valence-electron chi connectivity index (χ4n) is 2.24. The summed E-state index contributed by atoms with van der Waals surface area (Å²) in [6, 6.07) is 0. The zero-order valence-electron chi connectivity index (χ0n) is 9.26. The molecule has 2 heterocycles. The summed E-state index contributed by atoms with van der Waals surface area (Å²) in [5, 5.41) is 9.98. The van der Waals surface area contributed by atoms with E-state index >= 15 is 0 Å². The van der Waals surface area contributed by atoms with Crippen LogP contribution >= 0.6 is 0 Å². The molecule has 1 aliphatic heterocycles. The average molecular weight is 209 g/mol. The Bertz CT molecular complexity index is 291. The molecule has 1 aliphatic rings. The number of β-amino-alcohol motifs (C(OH)–C–C–N with tert-alkyl or cyclic N) is 1. The van der Waals surface area contributed by atoms with Crippen molar-refractivity contribution in [2.75, 3.05) is 19.6 Å². The monoisotopic (exact) mass is 209 g/mol. The van der Waals surface area contributed by atoms with Crippen LogP contribution in [0, 0.1) is 0 Å². The van der Waals surface area contributed by atoms with Gasteiger partial charge in [0.05, 0.1) is 11.9 Å². The van der Waals surface area contributed by atoms with Crippen LogP contribution in [-0.2, 0) is 6.54 Å². The normalized spacial score (nSPS) is 20.1. The second-order valence-corrected chi connectivity index (χ2v) is 4.49. The summed E-state index contributed by atoms with van der Waals surface area (Å²) >= 11 is 0. The molecule has 0 aliphatic carbocycles. The maximum atomic E-state index is 9.98. The predicted molar refractivity (Wildman–Crippen MR) is 58.5 cm³/mol. The zero-order chi connectivity index (χ0) is 10.7. The van der Waals surface area contributed by atoms with E-state index in [9.17, 15) is 5.11 Å². The number of aromatic nitrogens is 2. The van der Waals surface area contributed by atoms with Crippen LogP contribution in [0.4, 0.5) is 0 Å². The van der Waals surface area contributed by atoms with Crippen molar-refractivity contribution in [1.82, 2.24) is 14.5 Å². The van der Waals surface area contributed by atoms with Gasteiger partial charge in [-0.25, -0.2) is 4.98 Å². The lowest BCUT2D eigenvalue weighted by atomic mass is 9.89. The van der Waals surface area contributed by atoms with E-state index in [0.717, 1.165) is 39.0 Å². The van der Waals surface area contributed by atoms with E-state index in [0.29, 0.717) is 0 Å². The molecule has 1 aromatic heterocycles. The number of rotatable bonds is 5. The van der Waals surface area contributed by atoms with E-state index in [4.69, 9.17) is 0 Å². The minimum atomic E-state index is -0.399. The summed E-state index contributed by atoms with van der Waals surface area (Å²) in [4.78, 5) is 6.28. The summed E-state index contributed by atoms with van der Waals surface area (Å²) < 4.78 is 2.07. The van der Waals surface area contributed by atoms with Crippen LogP contribution in [0.2, 0.25) is 0 Å². The van der Waals surface area contributed by atoms with Gasteiger partial charge in [0, 0.05) is 38.6 Å². The molecule has 1 fully saturated rings. The molecule has 1 saturated heterocycles. The SMILES string of the molecule is CCCC1(O)CN(CCn2ccnc2)C1. The Morgan fingerprint density at radius 1 is 1.40 bits per heavy atom. The van der Waals surface area contributed by atoms with Gasteiger partial charge in [-0.15, -0.1) is 0 Å². The third-order valence-corrected chi connectivity index (χ3v) is 2.98. The Balaban J connectivity index is 1.68. The van der Waals surface area contributed by atoms with E-state index in [1.165, 1.54) is 0 Å². The lowest BCUT2D eigenvalue weighted by molar-refractivity contribution is -0.103. The number of hydrogen-bond donors (Lipinski definition) is 1. The van der Waals surface area contributed by atoms with Crippen LogP contribution in [0.1, 0.15) is 19.8 Å². The Labute approximate surface area is 90.5 Å². The highest BCUT2D eigenvalue weighted by molar-refractivity contribution is 4.94. The summed E-state index contributed by atoms with van der Waals surface area (Å²) in [5.41, 5.74) is -0.399. The topological polar surface area (TPSA) is 41.3 Å². The van der Waals surface area contributed by atoms with Crippen molar-refractivity contribution < 1.29 is 5.11 Å². The molecule has 0 unspecified atom stereocenters. The molecular formula is C11H19N3O. The van der Waals surface area contributed by atoms with Crippen molar-refractivity contribution >= 4 is 0 Å². The van der Waals surface area contributed by atoms with Gasteiger partial charge in [0.2, 0.25) is 0 Å². The summed E-state index contributed by atoms with van der Waals surface area (Å²) in [6.45, 7) is 5.74. The first-order valence-corrected chi connectivity index (χ1v) is 5.62. The van der Waals surface area contributed by atoms with Gasteiger partial charge in [0.25, 0.3) is 0 Å². The van der Waals surface area contributed by atoms with Crippen LogP contribution in [0.15, 0.2) is 18.7 Å². The van der Waals surface area contributed by atoms with E-state index < -0.39 is 5.60 Å². The first kappa shape index (κ1) is 10.6. The molecule has 1 N–H and O–H groups in total. The fraction of sp³-hybridized carbons (Fsp3) is 0.727. The van der Waals surface area contributed by atoms with Crippen LogP contribution in [0.5, 0.6) is 0 Å². The van der Waals surface area contributed by atoms with Gasteiger partial charge in [-0.1, -0.05) is 13.3 Å².